The fraction of sp³-hybridized carbons (Fsp3) is 0.583. The van der Waals surface area contributed by atoms with E-state index < -0.39 is 29.8 Å². The third-order valence-electron chi connectivity index (χ3n) is 5.59. The Morgan fingerprint density at radius 3 is 2.59 bits per heavy atom. The van der Waals surface area contributed by atoms with Crippen LogP contribution in [0.5, 0.6) is 5.75 Å². The van der Waals surface area contributed by atoms with Crippen molar-refractivity contribution in [1.82, 2.24) is 20.4 Å². The highest BCUT2D eigenvalue weighted by Crippen LogP contribution is 2.19. The van der Waals surface area contributed by atoms with E-state index in [-0.39, 0.29) is 50.1 Å². The number of likely N-dealkylation sites (N-methyl/N-ethyl adjacent to an activating group) is 2. The predicted octanol–water partition coefficient (Wildman–Crippen LogP) is 0.398. The molecule has 1 aromatic rings. The lowest BCUT2D eigenvalue weighted by molar-refractivity contribution is -0.138. The lowest BCUT2D eigenvalue weighted by Gasteiger charge is -2.29. The average Bonchev–Trinajstić information content (AvgIpc) is 2.80. The van der Waals surface area contributed by atoms with Crippen molar-refractivity contribution in [3.63, 3.8) is 0 Å². The number of hydrogen-bond acceptors (Lipinski definition) is 6. The molecular formula is C24H36N4O6. The number of benzene rings is 1. The molecule has 0 spiro atoms. The van der Waals surface area contributed by atoms with E-state index in [1.165, 1.54) is 9.80 Å². The second-order valence-corrected chi connectivity index (χ2v) is 8.73. The summed E-state index contributed by atoms with van der Waals surface area (Å²) in [6.07, 6.45) is 0.0797. The van der Waals surface area contributed by atoms with Gasteiger partial charge >= 0.3 is 0 Å². The van der Waals surface area contributed by atoms with Crippen molar-refractivity contribution in [2.24, 2.45) is 5.92 Å². The number of aliphatic hydroxyl groups excluding tert-OH is 1. The first-order valence-electron chi connectivity index (χ1n) is 11.6. The van der Waals surface area contributed by atoms with Crippen molar-refractivity contribution >= 4 is 23.6 Å². The molecule has 1 aliphatic heterocycles. The molecule has 2 rings (SSSR count). The Kier molecular flexibility index (Phi) is 10.3. The SMILES string of the molecule is CCN(CCO)C(=O)[C@@H]1CC(=O)N[C@H](CC(C)C)C(=O)N(C)CCOc2ccccc2C(=O)N1. The van der Waals surface area contributed by atoms with Crippen LogP contribution in [-0.4, -0.2) is 90.5 Å². The van der Waals surface area contributed by atoms with E-state index >= 15 is 0 Å². The van der Waals surface area contributed by atoms with E-state index in [1.54, 1.807) is 38.2 Å². The summed E-state index contributed by atoms with van der Waals surface area (Å²) >= 11 is 0. The number of ether oxygens (including phenoxy) is 1. The number of rotatable bonds is 6. The van der Waals surface area contributed by atoms with Crippen LogP contribution in [0.2, 0.25) is 0 Å². The van der Waals surface area contributed by atoms with Gasteiger partial charge in [-0.05, 0) is 31.4 Å². The fourth-order valence-electron chi connectivity index (χ4n) is 3.78. The molecule has 10 heteroatoms. The zero-order valence-electron chi connectivity index (χ0n) is 20.4. The Morgan fingerprint density at radius 1 is 1.24 bits per heavy atom. The molecule has 34 heavy (non-hydrogen) atoms. The van der Waals surface area contributed by atoms with Gasteiger partial charge in [-0.25, -0.2) is 0 Å². The molecule has 1 aromatic carbocycles. The molecule has 0 radical (unpaired) electrons. The quantitative estimate of drug-likeness (QED) is 0.545. The van der Waals surface area contributed by atoms with E-state index in [1.807, 2.05) is 13.8 Å². The Hall–Kier alpha value is -3.14. The van der Waals surface area contributed by atoms with Crippen molar-refractivity contribution in [3.8, 4) is 5.75 Å². The van der Waals surface area contributed by atoms with Crippen molar-refractivity contribution in [3.05, 3.63) is 29.8 Å². The Balaban J connectivity index is 2.42. The van der Waals surface area contributed by atoms with Gasteiger partial charge < -0.3 is 30.3 Å². The van der Waals surface area contributed by atoms with Crippen molar-refractivity contribution < 1.29 is 29.0 Å². The molecule has 0 unspecified atom stereocenters. The van der Waals surface area contributed by atoms with Gasteiger partial charge in [-0.15, -0.1) is 0 Å². The number of nitrogens with zero attached hydrogens (tertiary/aromatic N) is 2. The molecule has 0 saturated carbocycles. The molecule has 10 nitrogen and oxygen atoms in total. The highest BCUT2D eigenvalue weighted by atomic mass is 16.5. The number of fused-ring (bicyclic) bond motifs is 1. The second-order valence-electron chi connectivity index (χ2n) is 8.73. The molecule has 0 aromatic heterocycles. The van der Waals surface area contributed by atoms with Crippen molar-refractivity contribution in [2.45, 2.75) is 45.7 Å². The smallest absolute Gasteiger partial charge is 0.255 e. The molecular weight excluding hydrogens is 440 g/mol. The number of carbonyl (C=O) groups excluding carboxylic acids is 4. The molecule has 0 fully saturated rings. The van der Waals surface area contributed by atoms with E-state index in [4.69, 9.17) is 4.74 Å². The van der Waals surface area contributed by atoms with Gasteiger partial charge in [0.25, 0.3) is 5.91 Å². The maximum Gasteiger partial charge on any atom is 0.255 e. The van der Waals surface area contributed by atoms with E-state index in [2.05, 4.69) is 10.6 Å². The van der Waals surface area contributed by atoms with Crippen LogP contribution in [0.4, 0.5) is 0 Å². The van der Waals surface area contributed by atoms with E-state index in [0.29, 0.717) is 18.7 Å². The maximum atomic E-state index is 13.2. The molecule has 2 atom stereocenters. The summed E-state index contributed by atoms with van der Waals surface area (Å²) in [4.78, 5) is 55.1. The van der Waals surface area contributed by atoms with Gasteiger partial charge in [0.05, 0.1) is 25.1 Å². The maximum absolute atomic E-state index is 13.2. The third kappa shape index (κ3) is 7.44. The summed E-state index contributed by atoms with van der Waals surface area (Å²) in [5, 5.41) is 14.7. The fourth-order valence-corrected chi connectivity index (χ4v) is 3.78. The minimum atomic E-state index is -1.18. The van der Waals surface area contributed by atoms with Crippen LogP contribution in [-0.2, 0) is 14.4 Å². The second kappa shape index (κ2) is 12.9. The average molecular weight is 477 g/mol. The first-order valence-corrected chi connectivity index (χ1v) is 11.6. The van der Waals surface area contributed by atoms with Gasteiger partial charge in [-0.2, -0.15) is 0 Å². The topological polar surface area (TPSA) is 128 Å². The summed E-state index contributed by atoms with van der Waals surface area (Å²) in [6.45, 7) is 6.19. The zero-order valence-corrected chi connectivity index (χ0v) is 20.4. The van der Waals surface area contributed by atoms with Gasteiger partial charge in [0.2, 0.25) is 17.7 Å². The van der Waals surface area contributed by atoms with Gasteiger partial charge in [0.15, 0.2) is 0 Å². The minimum absolute atomic E-state index is 0.0717. The Morgan fingerprint density at radius 2 is 1.94 bits per heavy atom. The monoisotopic (exact) mass is 476 g/mol. The van der Waals surface area contributed by atoms with Crippen LogP contribution in [0.1, 0.15) is 44.0 Å². The summed E-state index contributed by atoms with van der Waals surface area (Å²) in [6, 6.07) is 4.65. The number of hydrogen-bond donors (Lipinski definition) is 3. The summed E-state index contributed by atoms with van der Waals surface area (Å²) < 4.78 is 5.79. The molecule has 1 heterocycles. The lowest BCUT2D eigenvalue weighted by Crippen LogP contribution is -2.54. The van der Waals surface area contributed by atoms with Crippen LogP contribution in [0.3, 0.4) is 0 Å². The predicted molar refractivity (Wildman–Crippen MR) is 126 cm³/mol. The van der Waals surface area contributed by atoms with Crippen LogP contribution < -0.4 is 15.4 Å². The minimum Gasteiger partial charge on any atom is -0.491 e. The number of aliphatic hydroxyl groups is 1. The molecule has 0 saturated heterocycles. The third-order valence-corrected chi connectivity index (χ3v) is 5.59. The summed E-state index contributed by atoms with van der Waals surface area (Å²) in [5.41, 5.74) is 0.217. The number of para-hydroxylation sites is 1. The molecule has 3 N–H and O–H groups in total. The lowest BCUT2D eigenvalue weighted by atomic mass is 10.0. The molecule has 0 bridgehead atoms. The first kappa shape index (κ1) is 27.1. The molecule has 1 aliphatic rings. The zero-order chi connectivity index (χ0) is 25.3. The van der Waals surface area contributed by atoms with Gasteiger partial charge in [-0.3, -0.25) is 19.2 Å². The van der Waals surface area contributed by atoms with Crippen LogP contribution in [0.15, 0.2) is 24.3 Å². The first-order chi connectivity index (χ1) is 16.2. The largest absolute Gasteiger partial charge is 0.491 e. The van der Waals surface area contributed by atoms with Crippen molar-refractivity contribution in [2.75, 3.05) is 39.9 Å². The molecule has 0 aliphatic carbocycles. The van der Waals surface area contributed by atoms with Crippen LogP contribution in [0, 0.1) is 5.92 Å². The van der Waals surface area contributed by atoms with Gasteiger partial charge in [0, 0.05) is 20.1 Å². The Labute approximate surface area is 200 Å². The summed E-state index contributed by atoms with van der Waals surface area (Å²) in [7, 11) is 1.63. The highest BCUT2D eigenvalue weighted by molar-refractivity contribution is 6.01. The number of carbonyl (C=O) groups is 4. The normalized spacial score (nSPS) is 20.1. The van der Waals surface area contributed by atoms with E-state index in [9.17, 15) is 24.3 Å². The standard InChI is InChI=1S/C24H36N4O6/c1-5-28(10-12-29)24(33)19-15-21(30)25-18(14-16(2)3)23(32)27(4)11-13-34-20-9-7-6-8-17(20)22(31)26-19/h6-9,16,18-19,29H,5,10-15H2,1-4H3,(H,25,30)(H,26,31)/t18-,19+/m1/s1. The van der Waals surface area contributed by atoms with Gasteiger partial charge in [-0.1, -0.05) is 26.0 Å². The van der Waals surface area contributed by atoms with E-state index in [0.717, 1.165) is 0 Å². The van der Waals surface area contributed by atoms with Crippen molar-refractivity contribution in [1.29, 1.82) is 0 Å². The number of amides is 4. The van der Waals surface area contributed by atoms with Crippen LogP contribution in [0.25, 0.3) is 0 Å². The van der Waals surface area contributed by atoms with Crippen LogP contribution >= 0.6 is 0 Å². The summed E-state index contributed by atoms with van der Waals surface area (Å²) in [5.74, 6) is -1.36. The highest BCUT2D eigenvalue weighted by Gasteiger charge is 2.31. The Bertz CT molecular complexity index is 875. The number of nitrogens with one attached hydrogen (secondary N) is 2. The molecule has 4 amide bonds. The van der Waals surface area contributed by atoms with Gasteiger partial charge in [0.1, 0.15) is 24.4 Å². The molecule has 188 valence electrons.